The quantitative estimate of drug-likeness (QED) is 0.0299. The molecule has 45 heavy (non-hydrogen) atoms. The van der Waals surface area contributed by atoms with Crippen LogP contribution in [0.25, 0.3) is 0 Å². The summed E-state index contributed by atoms with van der Waals surface area (Å²) < 4.78 is 5.03. The summed E-state index contributed by atoms with van der Waals surface area (Å²) in [4.78, 5) is 23.9. The summed E-state index contributed by atoms with van der Waals surface area (Å²) in [5.74, 6) is -0.664. The van der Waals surface area contributed by atoms with Gasteiger partial charge in [0.1, 0.15) is 0 Å². The number of carbonyl (C=O) groups excluding carboxylic acids is 2. The third kappa shape index (κ3) is 38.7. The van der Waals surface area contributed by atoms with Crippen molar-refractivity contribution in [2.24, 2.45) is 0 Å². The second-order valence-corrected chi connectivity index (χ2v) is 13.6. The Balaban J connectivity index is 3.33. The number of carbonyl (C=O) groups is 2. The van der Waals surface area contributed by atoms with Crippen molar-refractivity contribution in [3.8, 4) is 0 Å². The van der Waals surface area contributed by atoms with E-state index < -0.39 is 0 Å². The van der Waals surface area contributed by atoms with Crippen LogP contribution in [0.3, 0.4) is 0 Å². The molecule has 0 aliphatic carbocycles. The van der Waals surface area contributed by atoms with E-state index in [2.05, 4.69) is 38.2 Å². The summed E-state index contributed by atoms with van der Waals surface area (Å²) in [7, 11) is 0. The first-order valence-corrected chi connectivity index (χ1v) is 20.2. The van der Waals surface area contributed by atoms with Crippen molar-refractivity contribution in [3.63, 3.8) is 0 Å². The fraction of sp³-hybridized carbons (Fsp3) is 0.857. The highest BCUT2D eigenvalue weighted by Crippen LogP contribution is 2.14. The minimum absolute atomic E-state index is 0.331. The summed E-state index contributed by atoms with van der Waals surface area (Å²) in [5, 5.41) is 0. The number of unbranched alkanes of at least 4 members (excludes halogenated alkanes) is 28. The van der Waals surface area contributed by atoms with E-state index in [4.69, 9.17) is 4.74 Å². The highest BCUT2D eigenvalue weighted by atomic mass is 16.6. The lowest BCUT2D eigenvalue weighted by Crippen LogP contribution is -2.11. The number of ether oxygens (including phenoxy) is 1. The molecule has 0 aliphatic heterocycles. The van der Waals surface area contributed by atoms with E-state index in [1.54, 1.807) is 0 Å². The van der Waals surface area contributed by atoms with Crippen LogP contribution < -0.4 is 0 Å². The van der Waals surface area contributed by atoms with E-state index in [1.165, 1.54) is 180 Å². The maximum Gasteiger partial charge on any atom is 0.313 e. The third-order valence-electron chi connectivity index (χ3n) is 9.01. The minimum atomic E-state index is -0.332. The molecule has 0 spiro atoms. The standard InChI is InChI=1S/C42H78O3/c1-3-5-7-9-11-13-15-17-19-21-22-24-26-28-30-32-34-36-38-40-42(44)45-41(43)39-37-35-33-31-29-27-25-23-20-18-16-14-12-10-8-6-4-2/h17-20H,3-16,21-40H2,1-2H3/b19-17+,20-18+. The Morgan fingerprint density at radius 1 is 0.333 bits per heavy atom. The van der Waals surface area contributed by atoms with Crippen molar-refractivity contribution in [1.29, 1.82) is 0 Å². The van der Waals surface area contributed by atoms with Gasteiger partial charge in [-0.2, -0.15) is 0 Å². The topological polar surface area (TPSA) is 43.4 Å². The highest BCUT2D eigenvalue weighted by Gasteiger charge is 2.09. The Hall–Kier alpha value is -1.38. The molecular formula is C42H78O3. The summed E-state index contributed by atoms with van der Waals surface area (Å²) in [6.45, 7) is 4.55. The predicted octanol–water partition coefficient (Wildman–Crippen LogP) is 14.5. The number of hydrogen-bond acceptors (Lipinski definition) is 3. The van der Waals surface area contributed by atoms with E-state index in [9.17, 15) is 9.59 Å². The summed E-state index contributed by atoms with van der Waals surface area (Å²) in [6.07, 6.45) is 51.0. The van der Waals surface area contributed by atoms with Crippen LogP contribution in [-0.4, -0.2) is 11.9 Å². The van der Waals surface area contributed by atoms with Crippen molar-refractivity contribution >= 4 is 11.9 Å². The summed E-state index contributed by atoms with van der Waals surface area (Å²) in [6, 6.07) is 0. The lowest BCUT2D eigenvalue weighted by atomic mass is 10.1. The van der Waals surface area contributed by atoms with Crippen molar-refractivity contribution < 1.29 is 14.3 Å². The molecule has 3 heteroatoms. The first-order chi connectivity index (χ1) is 22.2. The van der Waals surface area contributed by atoms with Gasteiger partial charge in [0.25, 0.3) is 0 Å². The van der Waals surface area contributed by atoms with Crippen LogP contribution in [0, 0.1) is 0 Å². The smallest absolute Gasteiger partial charge is 0.313 e. The van der Waals surface area contributed by atoms with Gasteiger partial charge in [-0.05, 0) is 64.2 Å². The molecule has 0 atom stereocenters. The van der Waals surface area contributed by atoms with Crippen molar-refractivity contribution in [2.45, 2.75) is 232 Å². The molecule has 3 nitrogen and oxygen atoms in total. The summed E-state index contributed by atoms with van der Waals surface area (Å²) in [5.41, 5.74) is 0. The first-order valence-electron chi connectivity index (χ1n) is 20.2. The Bertz CT molecular complexity index is 665. The molecule has 0 saturated carbocycles. The largest absolute Gasteiger partial charge is 0.393 e. The van der Waals surface area contributed by atoms with E-state index >= 15 is 0 Å². The molecule has 264 valence electrons. The second kappa shape index (κ2) is 38.8. The molecule has 0 N–H and O–H groups in total. The van der Waals surface area contributed by atoms with E-state index in [-0.39, 0.29) is 11.9 Å². The maximum absolute atomic E-state index is 12.0. The Morgan fingerprint density at radius 2 is 0.556 bits per heavy atom. The number of esters is 2. The van der Waals surface area contributed by atoms with Crippen LogP contribution in [0.2, 0.25) is 0 Å². The average molecular weight is 631 g/mol. The third-order valence-corrected chi connectivity index (χ3v) is 9.01. The van der Waals surface area contributed by atoms with Crippen LogP contribution in [0.15, 0.2) is 24.3 Å². The Labute approximate surface area is 282 Å². The van der Waals surface area contributed by atoms with Gasteiger partial charge in [-0.15, -0.1) is 0 Å². The predicted molar refractivity (Wildman–Crippen MR) is 198 cm³/mol. The van der Waals surface area contributed by atoms with Crippen LogP contribution in [0.4, 0.5) is 0 Å². The van der Waals surface area contributed by atoms with Gasteiger partial charge in [-0.25, -0.2) is 0 Å². The van der Waals surface area contributed by atoms with Crippen molar-refractivity contribution in [3.05, 3.63) is 24.3 Å². The van der Waals surface area contributed by atoms with Gasteiger partial charge in [0, 0.05) is 12.8 Å². The van der Waals surface area contributed by atoms with Gasteiger partial charge in [0.05, 0.1) is 0 Å². The lowest BCUT2D eigenvalue weighted by Gasteiger charge is -2.04. The Morgan fingerprint density at radius 3 is 0.822 bits per heavy atom. The molecule has 0 aliphatic rings. The lowest BCUT2D eigenvalue weighted by molar-refractivity contribution is -0.159. The normalized spacial score (nSPS) is 11.7. The molecule has 0 rings (SSSR count). The van der Waals surface area contributed by atoms with Crippen LogP contribution in [-0.2, 0) is 14.3 Å². The molecule has 0 heterocycles. The maximum atomic E-state index is 12.0. The van der Waals surface area contributed by atoms with Crippen LogP contribution in [0.5, 0.6) is 0 Å². The molecule has 0 fully saturated rings. The zero-order valence-electron chi connectivity index (χ0n) is 30.6. The molecule has 0 aromatic carbocycles. The fourth-order valence-electron chi connectivity index (χ4n) is 5.97. The Kier molecular flexibility index (Phi) is 37.6. The molecule has 0 amide bonds. The van der Waals surface area contributed by atoms with Crippen molar-refractivity contribution in [2.75, 3.05) is 0 Å². The molecule has 0 radical (unpaired) electrons. The van der Waals surface area contributed by atoms with Gasteiger partial charge >= 0.3 is 11.9 Å². The molecule has 0 aromatic rings. The first kappa shape index (κ1) is 43.6. The molecule has 0 unspecified atom stereocenters. The number of allylic oxidation sites excluding steroid dienone is 4. The average Bonchev–Trinajstić information content (AvgIpc) is 3.03. The van der Waals surface area contributed by atoms with Gasteiger partial charge in [-0.3, -0.25) is 9.59 Å². The van der Waals surface area contributed by atoms with E-state index in [0.29, 0.717) is 12.8 Å². The highest BCUT2D eigenvalue weighted by molar-refractivity contribution is 5.85. The number of hydrogen-bond donors (Lipinski definition) is 0. The van der Waals surface area contributed by atoms with Crippen LogP contribution in [0.1, 0.15) is 232 Å². The monoisotopic (exact) mass is 631 g/mol. The van der Waals surface area contributed by atoms with Gasteiger partial charge < -0.3 is 4.74 Å². The number of rotatable bonds is 36. The van der Waals surface area contributed by atoms with E-state index in [1.807, 2.05) is 0 Å². The minimum Gasteiger partial charge on any atom is -0.393 e. The van der Waals surface area contributed by atoms with Gasteiger partial charge in [0.2, 0.25) is 0 Å². The second-order valence-electron chi connectivity index (χ2n) is 13.6. The summed E-state index contributed by atoms with van der Waals surface area (Å²) >= 11 is 0. The van der Waals surface area contributed by atoms with Crippen LogP contribution >= 0.6 is 0 Å². The van der Waals surface area contributed by atoms with Crippen molar-refractivity contribution in [1.82, 2.24) is 0 Å². The fourth-order valence-corrected chi connectivity index (χ4v) is 5.97. The molecule has 0 aromatic heterocycles. The van der Waals surface area contributed by atoms with Gasteiger partial charge in [0.15, 0.2) is 0 Å². The van der Waals surface area contributed by atoms with E-state index in [0.717, 1.165) is 25.7 Å². The SMILES string of the molecule is CCCCCCCC/C=C/CCCCCCCCCCCC(=O)OC(=O)CCCCCCCCC/C=C/CCCCCCCC. The molecular weight excluding hydrogens is 552 g/mol. The zero-order valence-corrected chi connectivity index (χ0v) is 30.6. The zero-order chi connectivity index (χ0) is 32.7. The van der Waals surface area contributed by atoms with Gasteiger partial charge in [-0.1, -0.05) is 179 Å². The molecule has 0 bridgehead atoms. The molecule has 0 saturated heterocycles.